The molecule has 1 amide bonds. The first-order chi connectivity index (χ1) is 16.4. The fraction of sp³-hybridized carbons (Fsp3) is 0.304. The maximum Gasteiger partial charge on any atom is 0.261 e. The SMILES string of the molecule is COc1ccccc1C(=O)Nc1nnc2c3cc(S(=O)(=O)N4CCCCC4)ccc3n(C)c2n1. The van der Waals surface area contributed by atoms with E-state index in [1.807, 2.05) is 7.05 Å². The van der Waals surface area contributed by atoms with E-state index in [2.05, 4.69) is 20.5 Å². The van der Waals surface area contributed by atoms with Gasteiger partial charge in [-0.2, -0.15) is 9.29 Å². The molecule has 0 unspecified atom stereocenters. The Bertz CT molecular complexity index is 1510. The standard InChI is InChI=1S/C23H24N6O4S/c1-28-18-11-10-15(34(31,32)29-12-6-3-7-13-29)14-17(18)20-21(28)24-23(27-26-20)25-22(30)16-8-4-5-9-19(16)33-2/h4-5,8-11,14H,3,6-7,12-13H2,1-2H3,(H,24,25,27,30). The molecule has 2 aromatic heterocycles. The summed E-state index contributed by atoms with van der Waals surface area (Å²) in [5.41, 5.74) is 2.05. The summed E-state index contributed by atoms with van der Waals surface area (Å²) in [6, 6.07) is 11.8. The van der Waals surface area contributed by atoms with Crippen LogP contribution in [0, 0.1) is 0 Å². The minimum absolute atomic E-state index is 0.0375. The van der Waals surface area contributed by atoms with Crippen LogP contribution in [0.15, 0.2) is 47.4 Å². The Hall–Kier alpha value is -3.57. The molecule has 11 heteroatoms. The first-order valence-electron chi connectivity index (χ1n) is 11.0. The van der Waals surface area contributed by atoms with Crippen molar-refractivity contribution in [3.8, 4) is 5.75 Å². The van der Waals surface area contributed by atoms with Crippen LogP contribution in [0.5, 0.6) is 5.75 Å². The highest BCUT2D eigenvalue weighted by atomic mass is 32.2. The lowest BCUT2D eigenvalue weighted by Gasteiger charge is -2.25. The molecule has 1 aliphatic heterocycles. The number of methoxy groups -OCH3 is 1. The van der Waals surface area contributed by atoms with E-state index in [0.29, 0.717) is 41.0 Å². The molecule has 0 atom stereocenters. The van der Waals surface area contributed by atoms with Crippen LogP contribution in [0.4, 0.5) is 5.95 Å². The number of carbonyl (C=O) groups excluding carboxylic acids is 1. The molecule has 176 valence electrons. The number of anilines is 1. The summed E-state index contributed by atoms with van der Waals surface area (Å²) in [4.78, 5) is 17.4. The Kier molecular flexibility index (Phi) is 5.66. The van der Waals surface area contributed by atoms with Gasteiger partial charge in [-0.05, 0) is 43.2 Å². The Balaban J connectivity index is 1.51. The molecule has 0 bridgehead atoms. The van der Waals surface area contributed by atoms with E-state index < -0.39 is 15.9 Å². The van der Waals surface area contributed by atoms with E-state index in [0.717, 1.165) is 24.8 Å². The van der Waals surface area contributed by atoms with Crippen molar-refractivity contribution in [3.05, 3.63) is 48.0 Å². The highest BCUT2D eigenvalue weighted by Gasteiger charge is 2.27. The summed E-state index contributed by atoms with van der Waals surface area (Å²) in [5, 5.41) is 11.6. The van der Waals surface area contributed by atoms with Crippen LogP contribution in [0.3, 0.4) is 0 Å². The summed E-state index contributed by atoms with van der Waals surface area (Å²) < 4.78 is 34.9. The van der Waals surface area contributed by atoms with Crippen LogP contribution in [-0.2, 0) is 17.1 Å². The zero-order chi connectivity index (χ0) is 23.9. The number of piperidine rings is 1. The minimum Gasteiger partial charge on any atom is -0.496 e. The van der Waals surface area contributed by atoms with Gasteiger partial charge in [0.15, 0.2) is 5.65 Å². The largest absolute Gasteiger partial charge is 0.496 e. The number of nitrogens with zero attached hydrogens (tertiary/aromatic N) is 5. The van der Waals surface area contributed by atoms with Gasteiger partial charge in [0.05, 0.1) is 23.1 Å². The van der Waals surface area contributed by atoms with Gasteiger partial charge >= 0.3 is 0 Å². The topological polar surface area (TPSA) is 119 Å². The third-order valence-corrected chi connectivity index (χ3v) is 7.99. The van der Waals surface area contributed by atoms with Gasteiger partial charge in [0, 0.05) is 25.5 Å². The van der Waals surface area contributed by atoms with Crippen LogP contribution < -0.4 is 10.1 Å². The molecular formula is C23H24N6O4S. The number of para-hydroxylation sites is 1. The molecule has 0 spiro atoms. The number of fused-ring (bicyclic) bond motifs is 3. The second kappa shape index (κ2) is 8.65. The van der Waals surface area contributed by atoms with Gasteiger partial charge in [-0.15, -0.1) is 10.2 Å². The van der Waals surface area contributed by atoms with E-state index in [4.69, 9.17) is 4.74 Å². The molecule has 1 saturated heterocycles. The van der Waals surface area contributed by atoms with Crippen LogP contribution in [0.25, 0.3) is 22.1 Å². The van der Waals surface area contributed by atoms with Gasteiger partial charge in [0.25, 0.3) is 11.9 Å². The molecule has 1 aliphatic rings. The molecule has 1 N–H and O–H groups in total. The number of ether oxygens (including phenoxy) is 1. The fourth-order valence-electron chi connectivity index (χ4n) is 4.31. The average Bonchev–Trinajstić information content (AvgIpc) is 3.15. The molecule has 2 aromatic carbocycles. The summed E-state index contributed by atoms with van der Waals surface area (Å²) in [5.74, 6) is 0.0452. The second-order valence-electron chi connectivity index (χ2n) is 8.16. The Labute approximate surface area is 196 Å². The van der Waals surface area contributed by atoms with E-state index in [1.54, 1.807) is 47.0 Å². The van der Waals surface area contributed by atoms with Crippen molar-refractivity contribution >= 4 is 43.9 Å². The third-order valence-electron chi connectivity index (χ3n) is 6.10. The Morgan fingerprint density at radius 2 is 1.82 bits per heavy atom. The zero-order valence-electron chi connectivity index (χ0n) is 18.9. The van der Waals surface area contributed by atoms with Crippen molar-refractivity contribution in [3.63, 3.8) is 0 Å². The van der Waals surface area contributed by atoms with Gasteiger partial charge in [0.2, 0.25) is 10.0 Å². The lowest BCUT2D eigenvalue weighted by molar-refractivity contribution is 0.102. The van der Waals surface area contributed by atoms with Crippen molar-refractivity contribution in [2.75, 3.05) is 25.5 Å². The van der Waals surface area contributed by atoms with Crippen molar-refractivity contribution in [2.24, 2.45) is 7.05 Å². The number of aryl methyl sites for hydroxylation is 1. The number of nitrogens with one attached hydrogen (secondary N) is 1. The zero-order valence-corrected chi connectivity index (χ0v) is 19.7. The van der Waals surface area contributed by atoms with Crippen molar-refractivity contribution < 1.29 is 17.9 Å². The molecule has 1 fully saturated rings. The Morgan fingerprint density at radius 1 is 1.06 bits per heavy atom. The molecule has 0 aliphatic carbocycles. The molecular weight excluding hydrogens is 456 g/mol. The predicted octanol–water partition coefficient (Wildman–Crippen LogP) is 2.95. The summed E-state index contributed by atoms with van der Waals surface area (Å²) >= 11 is 0. The van der Waals surface area contributed by atoms with Gasteiger partial charge in [-0.3, -0.25) is 10.1 Å². The molecule has 5 rings (SSSR count). The Morgan fingerprint density at radius 3 is 2.59 bits per heavy atom. The predicted molar refractivity (Wildman–Crippen MR) is 127 cm³/mol. The van der Waals surface area contributed by atoms with Crippen LogP contribution >= 0.6 is 0 Å². The average molecular weight is 481 g/mol. The van der Waals surface area contributed by atoms with Gasteiger partial charge in [0.1, 0.15) is 11.3 Å². The number of hydrogen-bond donors (Lipinski definition) is 1. The number of benzene rings is 2. The highest BCUT2D eigenvalue weighted by molar-refractivity contribution is 7.89. The number of rotatable bonds is 5. The normalized spacial score (nSPS) is 15.0. The van der Waals surface area contributed by atoms with Gasteiger partial charge in [-0.25, -0.2) is 8.42 Å². The summed E-state index contributed by atoms with van der Waals surface area (Å²) in [7, 11) is -0.287. The second-order valence-corrected chi connectivity index (χ2v) is 10.1. The smallest absolute Gasteiger partial charge is 0.261 e. The number of carbonyl (C=O) groups is 1. The number of amides is 1. The highest BCUT2D eigenvalue weighted by Crippen LogP contribution is 2.30. The summed E-state index contributed by atoms with van der Waals surface area (Å²) in [6.07, 6.45) is 2.79. The quantitative estimate of drug-likeness (QED) is 0.466. The number of aromatic nitrogens is 4. The van der Waals surface area contributed by atoms with Crippen LogP contribution in [-0.4, -0.2) is 58.6 Å². The van der Waals surface area contributed by atoms with Crippen molar-refractivity contribution in [1.82, 2.24) is 24.1 Å². The van der Waals surface area contributed by atoms with Crippen molar-refractivity contribution in [2.45, 2.75) is 24.2 Å². The molecule has 10 nitrogen and oxygen atoms in total. The molecule has 34 heavy (non-hydrogen) atoms. The molecule has 0 saturated carbocycles. The lowest BCUT2D eigenvalue weighted by Crippen LogP contribution is -2.35. The monoisotopic (exact) mass is 480 g/mol. The maximum atomic E-state index is 13.1. The van der Waals surface area contributed by atoms with E-state index in [1.165, 1.54) is 11.4 Å². The van der Waals surface area contributed by atoms with Crippen LogP contribution in [0.1, 0.15) is 29.6 Å². The van der Waals surface area contributed by atoms with Crippen LogP contribution in [0.2, 0.25) is 0 Å². The number of hydrogen-bond acceptors (Lipinski definition) is 7. The first-order valence-corrected chi connectivity index (χ1v) is 12.4. The molecule has 3 heterocycles. The van der Waals surface area contributed by atoms with E-state index in [9.17, 15) is 13.2 Å². The van der Waals surface area contributed by atoms with Gasteiger partial charge in [-0.1, -0.05) is 18.6 Å². The maximum absolute atomic E-state index is 13.1. The minimum atomic E-state index is -3.59. The lowest BCUT2D eigenvalue weighted by atomic mass is 10.2. The van der Waals surface area contributed by atoms with E-state index >= 15 is 0 Å². The van der Waals surface area contributed by atoms with Gasteiger partial charge < -0.3 is 9.30 Å². The van der Waals surface area contributed by atoms with E-state index in [-0.39, 0.29) is 10.8 Å². The fourth-order valence-corrected chi connectivity index (χ4v) is 5.85. The first kappa shape index (κ1) is 22.2. The summed E-state index contributed by atoms with van der Waals surface area (Å²) in [6.45, 7) is 1.07. The number of sulfonamides is 1. The third kappa shape index (κ3) is 3.76. The van der Waals surface area contributed by atoms with Crippen molar-refractivity contribution in [1.29, 1.82) is 0 Å². The molecule has 0 radical (unpaired) electrons. The molecule has 4 aromatic rings.